The molecule has 86 valence electrons. The van der Waals surface area contributed by atoms with Crippen molar-refractivity contribution in [2.45, 2.75) is 6.42 Å². The second-order valence-corrected chi connectivity index (χ2v) is 4.87. The van der Waals surface area contributed by atoms with Gasteiger partial charge in [-0.05, 0) is 40.2 Å². The smallest absolute Gasteiger partial charge is 0.170 e. The Balaban J connectivity index is 2.17. The third kappa shape index (κ3) is 3.14. The van der Waals surface area contributed by atoms with Gasteiger partial charge in [0.1, 0.15) is 0 Å². The lowest BCUT2D eigenvalue weighted by Gasteiger charge is -2.03. The summed E-state index contributed by atoms with van der Waals surface area (Å²) in [5, 5.41) is 0.481. The van der Waals surface area contributed by atoms with Crippen LogP contribution in [-0.4, -0.2) is 10.8 Å². The van der Waals surface area contributed by atoms with Crippen LogP contribution in [0.5, 0.6) is 0 Å². The molecule has 0 aliphatic carbocycles. The molecule has 1 aromatic heterocycles. The molecule has 0 saturated heterocycles. The van der Waals surface area contributed by atoms with E-state index in [1.165, 1.54) is 0 Å². The number of pyridine rings is 1. The van der Waals surface area contributed by atoms with E-state index in [0.717, 1.165) is 10.2 Å². The fourth-order valence-corrected chi connectivity index (χ4v) is 1.93. The molecule has 1 heterocycles. The number of carbonyl (C=O) groups excluding carboxylic acids is 1. The number of benzene rings is 1. The summed E-state index contributed by atoms with van der Waals surface area (Å²) in [6, 6.07) is 10.7. The number of hydrogen-bond acceptors (Lipinski definition) is 2. The monoisotopic (exact) mass is 309 g/mol. The van der Waals surface area contributed by atoms with Crippen LogP contribution < -0.4 is 0 Å². The molecule has 0 saturated carbocycles. The van der Waals surface area contributed by atoms with Crippen molar-refractivity contribution in [3.05, 3.63) is 63.3 Å². The standard InChI is InChI=1S/C13H9BrClNO/c14-9-5-6-10(16-8-9)7-13(17)11-3-1-2-4-12(11)15/h1-6,8H,7H2. The molecule has 0 N–H and O–H groups in total. The number of Topliss-reactive ketones (excluding diaryl/α,β-unsaturated/α-hetero) is 1. The molecule has 0 fully saturated rings. The van der Waals surface area contributed by atoms with E-state index < -0.39 is 0 Å². The van der Waals surface area contributed by atoms with Crippen molar-refractivity contribution in [1.82, 2.24) is 4.98 Å². The summed E-state index contributed by atoms with van der Waals surface area (Å²) in [5.74, 6) is -0.0228. The SMILES string of the molecule is O=C(Cc1ccc(Br)cn1)c1ccccc1Cl. The Morgan fingerprint density at radius 2 is 2.00 bits per heavy atom. The van der Waals surface area contributed by atoms with Crippen molar-refractivity contribution < 1.29 is 4.79 Å². The Labute approximate surface area is 113 Å². The van der Waals surface area contributed by atoms with Crippen LogP contribution in [0, 0.1) is 0 Å². The Morgan fingerprint density at radius 1 is 1.24 bits per heavy atom. The van der Waals surface area contributed by atoms with Crippen molar-refractivity contribution in [3.63, 3.8) is 0 Å². The number of hydrogen-bond donors (Lipinski definition) is 0. The summed E-state index contributed by atoms with van der Waals surface area (Å²) in [7, 11) is 0. The first-order valence-corrected chi connectivity index (χ1v) is 6.22. The zero-order valence-corrected chi connectivity index (χ0v) is 11.2. The number of rotatable bonds is 3. The Morgan fingerprint density at radius 3 is 2.65 bits per heavy atom. The van der Waals surface area contributed by atoms with E-state index in [1.54, 1.807) is 30.5 Å². The zero-order valence-electron chi connectivity index (χ0n) is 8.86. The predicted molar refractivity (Wildman–Crippen MR) is 71.4 cm³/mol. The van der Waals surface area contributed by atoms with Crippen LogP contribution in [0.25, 0.3) is 0 Å². The van der Waals surface area contributed by atoms with Crippen molar-refractivity contribution in [3.8, 4) is 0 Å². The van der Waals surface area contributed by atoms with Gasteiger partial charge in [0, 0.05) is 21.9 Å². The second kappa shape index (κ2) is 5.43. The first-order valence-electron chi connectivity index (χ1n) is 5.05. The van der Waals surface area contributed by atoms with Crippen LogP contribution in [0.4, 0.5) is 0 Å². The van der Waals surface area contributed by atoms with Gasteiger partial charge < -0.3 is 0 Å². The maximum absolute atomic E-state index is 12.0. The molecule has 2 rings (SSSR count). The van der Waals surface area contributed by atoms with Crippen molar-refractivity contribution in [1.29, 1.82) is 0 Å². The van der Waals surface area contributed by atoms with Gasteiger partial charge >= 0.3 is 0 Å². The molecule has 0 aliphatic rings. The quantitative estimate of drug-likeness (QED) is 0.804. The summed E-state index contributed by atoms with van der Waals surface area (Å²) in [6.45, 7) is 0. The van der Waals surface area contributed by atoms with E-state index in [1.807, 2.05) is 12.1 Å². The highest BCUT2D eigenvalue weighted by atomic mass is 79.9. The molecule has 0 bridgehead atoms. The van der Waals surface area contributed by atoms with Gasteiger partial charge in [0.25, 0.3) is 0 Å². The molecule has 0 unspecified atom stereocenters. The zero-order chi connectivity index (χ0) is 12.3. The first kappa shape index (κ1) is 12.3. The van der Waals surface area contributed by atoms with Gasteiger partial charge in [-0.15, -0.1) is 0 Å². The molecule has 0 amide bonds. The Kier molecular flexibility index (Phi) is 3.92. The van der Waals surface area contributed by atoms with Gasteiger partial charge in [-0.2, -0.15) is 0 Å². The summed E-state index contributed by atoms with van der Waals surface area (Å²) in [5.41, 5.74) is 1.28. The lowest BCUT2D eigenvalue weighted by Crippen LogP contribution is -2.05. The minimum atomic E-state index is -0.0228. The summed E-state index contributed by atoms with van der Waals surface area (Å²) >= 11 is 9.26. The lowest BCUT2D eigenvalue weighted by atomic mass is 10.1. The van der Waals surface area contributed by atoms with Crippen molar-refractivity contribution >= 4 is 33.3 Å². The molecular weight excluding hydrogens is 302 g/mol. The molecule has 0 spiro atoms. The van der Waals surface area contributed by atoms with Crippen LogP contribution >= 0.6 is 27.5 Å². The third-order valence-electron chi connectivity index (χ3n) is 2.30. The summed E-state index contributed by atoms with van der Waals surface area (Å²) in [6.07, 6.45) is 1.94. The Hall–Kier alpha value is -1.19. The third-order valence-corrected chi connectivity index (χ3v) is 3.10. The van der Waals surface area contributed by atoms with Crippen LogP contribution in [-0.2, 0) is 6.42 Å². The molecule has 2 nitrogen and oxygen atoms in total. The van der Waals surface area contributed by atoms with E-state index in [4.69, 9.17) is 11.6 Å². The number of nitrogens with zero attached hydrogens (tertiary/aromatic N) is 1. The lowest BCUT2D eigenvalue weighted by molar-refractivity contribution is 0.0992. The van der Waals surface area contributed by atoms with Gasteiger partial charge in [0.05, 0.1) is 11.4 Å². The second-order valence-electron chi connectivity index (χ2n) is 3.55. The van der Waals surface area contributed by atoms with Gasteiger partial charge in [-0.25, -0.2) is 0 Å². The number of halogens is 2. The van der Waals surface area contributed by atoms with Crippen LogP contribution in [0.15, 0.2) is 47.1 Å². The molecular formula is C13H9BrClNO. The Bertz CT molecular complexity index is 539. The molecule has 0 aliphatic heterocycles. The molecule has 1 aromatic carbocycles. The maximum atomic E-state index is 12.0. The average molecular weight is 311 g/mol. The number of aromatic nitrogens is 1. The van der Waals surface area contributed by atoms with Crippen LogP contribution in [0.3, 0.4) is 0 Å². The van der Waals surface area contributed by atoms with Crippen LogP contribution in [0.2, 0.25) is 5.02 Å². The fourth-order valence-electron chi connectivity index (χ4n) is 1.46. The van der Waals surface area contributed by atoms with Crippen molar-refractivity contribution in [2.75, 3.05) is 0 Å². The number of carbonyl (C=O) groups is 1. The molecule has 0 radical (unpaired) electrons. The van der Waals surface area contributed by atoms with Crippen LogP contribution in [0.1, 0.15) is 16.1 Å². The molecule has 4 heteroatoms. The van der Waals surface area contributed by atoms with Crippen molar-refractivity contribution in [2.24, 2.45) is 0 Å². The summed E-state index contributed by atoms with van der Waals surface area (Å²) < 4.78 is 0.895. The molecule has 17 heavy (non-hydrogen) atoms. The number of ketones is 1. The highest BCUT2D eigenvalue weighted by Gasteiger charge is 2.10. The topological polar surface area (TPSA) is 30.0 Å². The van der Waals surface area contributed by atoms with E-state index in [9.17, 15) is 4.79 Å². The first-order chi connectivity index (χ1) is 8.16. The average Bonchev–Trinajstić information content (AvgIpc) is 2.32. The molecule has 2 aromatic rings. The summed E-state index contributed by atoms with van der Waals surface area (Å²) in [4.78, 5) is 16.1. The van der Waals surface area contributed by atoms with Gasteiger partial charge in [0.15, 0.2) is 5.78 Å². The highest BCUT2D eigenvalue weighted by molar-refractivity contribution is 9.10. The van der Waals surface area contributed by atoms with E-state index >= 15 is 0 Å². The predicted octanol–water partition coefficient (Wildman–Crippen LogP) is 3.92. The largest absolute Gasteiger partial charge is 0.294 e. The maximum Gasteiger partial charge on any atom is 0.170 e. The fraction of sp³-hybridized carbons (Fsp3) is 0.0769. The van der Waals surface area contributed by atoms with E-state index in [-0.39, 0.29) is 12.2 Å². The van der Waals surface area contributed by atoms with Gasteiger partial charge in [-0.3, -0.25) is 9.78 Å². The molecule has 0 atom stereocenters. The van der Waals surface area contributed by atoms with E-state index in [0.29, 0.717) is 10.6 Å². The van der Waals surface area contributed by atoms with E-state index in [2.05, 4.69) is 20.9 Å². The normalized spacial score (nSPS) is 10.2. The minimum absolute atomic E-state index is 0.0228. The highest BCUT2D eigenvalue weighted by Crippen LogP contribution is 2.17. The van der Waals surface area contributed by atoms with Gasteiger partial charge in [-0.1, -0.05) is 23.7 Å². The van der Waals surface area contributed by atoms with Gasteiger partial charge in [0.2, 0.25) is 0 Å². The minimum Gasteiger partial charge on any atom is -0.294 e.